The summed E-state index contributed by atoms with van der Waals surface area (Å²) in [6.45, 7) is 2.28. The molecular formula is C13H15N5O2. The molecule has 2 N–H and O–H groups in total. The smallest absolute Gasteiger partial charge is 0.259 e. The van der Waals surface area contributed by atoms with Crippen LogP contribution in [0.25, 0.3) is 5.69 Å². The van der Waals surface area contributed by atoms with Gasteiger partial charge >= 0.3 is 0 Å². The lowest BCUT2D eigenvalue weighted by Gasteiger charge is -2.26. The van der Waals surface area contributed by atoms with Crippen LogP contribution in [0.3, 0.4) is 0 Å². The summed E-state index contributed by atoms with van der Waals surface area (Å²) in [5.74, 6) is 0.235. The number of ether oxygens (including phenoxy) is 1. The van der Waals surface area contributed by atoms with Crippen LogP contribution in [0.2, 0.25) is 0 Å². The fourth-order valence-electron chi connectivity index (χ4n) is 2.15. The lowest BCUT2D eigenvalue weighted by Crippen LogP contribution is -2.40. The maximum absolute atomic E-state index is 12.4. The fourth-order valence-corrected chi connectivity index (χ4v) is 2.15. The van der Waals surface area contributed by atoms with Gasteiger partial charge in [0.2, 0.25) is 0 Å². The molecule has 1 amide bonds. The first-order valence-electron chi connectivity index (χ1n) is 6.38. The van der Waals surface area contributed by atoms with Crippen molar-refractivity contribution < 1.29 is 9.53 Å². The molecule has 104 valence electrons. The Labute approximate surface area is 116 Å². The molecule has 3 heterocycles. The number of anilines is 1. The maximum atomic E-state index is 12.4. The quantitative estimate of drug-likeness (QED) is 0.851. The van der Waals surface area contributed by atoms with E-state index in [-0.39, 0.29) is 5.91 Å². The van der Waals surface area contributed by atoms with Crippen molar-refractivity contribution in [3.05, 3.63) is 36.3 Å². The largest absolute Gasteiger partial charge is 0.383 e. The highest BCUT2D eigenvalue weighted by molar-refractivity contribution is 5.98. The lowest BCUT2D eigenvalue weighted by atomic mass is 10.2. The van der Waals surface area contributed by atoms with E-state index in [1.165, 1.54) is 10.9 Å². The molecule has 1 fully saturated rings. The number of aromatic nitrogens is 3. The summed E-state index contributed by atoms with van der Waals surface area (Å²) in [7, 11) is 0. The maximum Gasteiger partial charge on any atom is 0.259 e. The minimum atomic E-state index is -0.105. The van der Waals surface area contributed by atoms with Gasteiger partial charge in [0.1, 0.15) is 11.4 Å². The number of hydrogen-bond acceptors (Lipinski definition) is 5. The Morgan fingerprint density at radius 3 is 2.65 bits per heavy atom. The van der Waals surface area contributed by atoms with Crippen molar-refractivity contribution in [2.45, 2.75) is 0 Å². The van der Waals surface area contributed by atoms with Crippen LogP contribution in [-0.4, -0.2) is 51.9 Å². The summed E-state index contributed by atoms with van der Waals surface area (Å²) in [5.41, 5.74) is 7.24. The second-order valence-corrected chi connectivity index (χ2v) is 4.47. The van der Waals surface area contributed by atoms with Crippen LogP contribution in [0.5, 0.6) is 0 Å². The van der Waals surface area contributed by atoms with Gasteiger partial charge in [0.15, 0.2) is 0 Å². The number of nitrogens with two attached hydrogens (primary N) is 1. The van der Waals surface area contributed by atoms with E-state index in [1.807, 2.05) is 0 Å². The zero-order valence-corrected chi connectivity index (χ0v) is 10.9. The molecule has 0 bridgehead atoms. The summed E-state index contributed by atoms with van der Waals surface area (Å²) in [6.07, 6.45) is 4.81. The second-order valence-electron chi connectivity index (χ2n) is 4.47. The number of morpholine rings is 1. The van der Waals surface area contributed by atoms with E-state index in [0.717, 1.165) is 5.69 Å². The Hall–Kier alpha value is -2.41. The molecule has 0 unspecified atom stereocenters. The standard InChI is InChI=1S/C13H15N5O2/c14-12-11(13(19)17-5-7-20-8-6-17)9-16-18(12)10-1-3-15-4-2-10/h1-4,9H,5-8,14H2. The van der Waals surface area contributed by atoms with Crippen LogP contribution in [0.4, 0.5) is 5.82 Å². The van der Waals surface area contributed by atoms with E-state index < -0.39 is 0 Å². The molecular weight excluding hydrogens is 258 g/mol. The highest BCUT2D eigenvalue weighted by atomic mass is 16.5. The van der Waals surface area contributed by atoms with Crippen molar-refractivity contribution in [1.82, 2.24) is 19.7 Å². The van der Waals surface area contributed by atoms with Crippen molar-refractivity contribution in [2.75, 3.05) is 32.0 Å². The average Bonchev–Trinajstić information content (AvgIpc) is 2.90. The van der Waals surface area contributed by atoms with Gasteiger partial charge in [0, 0.05) is 25.5 Å². The molecule has 1 aliphatic rings. The van der Waals surface area contributed by atoms with E-state index >= 15 is 0 Å². The lowest BCUT2D eigenvalue weighted by molar-refractivity contribution is 0.0303. The van der Waals surface area contributed by atoms with Gasteiger partial charge in [0.25, 0.3) is 5.91 Å². The summed E-state index contributed by atoms with van der Waals surface area (Å²) in [4.78, 5) is 18.1. The minimum Gasteiger partial charge on any atom is -0.383 e. The van der Waals surface area contributed by atoms with Gasteiger partial charge < -0.3 is 15.4 Å². The molecule has 1 saturated heterocycles. The average molecular weight is 273 g/mol. The molecule has 0 aliphatic carbocycles. The van der Waals surface area contributed by atoms with Crippen molar-refractivity contribution in [2.24, 2.45) is 0 Å². The number of hydrogen-bond donors (Lipinski definition) is 1. The van der Waals surface area contributed by atoms with Gasteiger partial charge in [-0.1, -0.05) is 0 Å². The molecule has 2 aromatic heterocycles. The summed E-state index contributed by atoms with van der Waals surface area (Å²) >= 11 is 0. The fraction of sp³-hybridized carbons (Fsp3) is 0.308. The third-order valence-electron chi connectivity index (χ3n) is 3.24. The molecule has 7 heteroatoms. The summed E-state index contributed by atoms with van der Waals surface area (Å²) < 4.78 is 6.77. The van der Waals surface area contributed by atoms with E-state index in [4.69, 9.17) is 10.5 Å². The molecule has 0 saturated carbocycles. The van der Waals surface area contributed by atoms with Crippen LogP contribution in [-0.2, 0) is 4.74 Å². The van der Waals surface area contributed by atoms with Crippen molar-refractivity contribution >= 4 is 11.7 Å². The van der Waals surface area contributed by atoms with E-state index in [2.05, 4.69) is 10.1 Å². The Morgan fingerprint density at radius 2 is 1.95 bits per heavy atom. The predicted molar refractivity (Wildman–Crippen MR) is 72.5 cm³/mol. The first kappa shape index (κ1) is 12.6. The Kier molecular flexibility index (Phi) is 3.34. The van der Waals surface area contributed by atoms with Gasteiger partial charge in [-0.3, -0.25) is 9.78 Å². The first-order valence-corrected chi connectivity index (χ1v) is 6.38. The molecule has 1 aliphatic heterocycles. The number of carbonyl (C=O) groups excluding carboxylic acids is 1. The molecule has 3 rings (SSSR count). The number of carbonyl (C=O) groups is 1. The van der Waals surface area contributed by atoms with E-state index in [1.54, 1.807) is 29.4 Å². The SMILES string of the molecule is Nc1c(C(=O)N2CCOCC2)cnn1-c1ccncc1. The molecule has 0 radical (unpaired) electrons. The third-order valence-corrected chi connectivity index (χ3v) is 3.24. The Bertz CT molecular complexity index is 604. The highest BCUT2D eigenvalue weighted by Gasteiger charge is 2.23. The third kappa shape index (κ3) is 2.23. The number of nitrogen functional groups attached to an aromatic ring is 1. The number of pyridine rings is 1. The predicted octanol–water partition coefficient (Wildman–Crippen LogP) is 0.322. The van der Waals surface area contributed by atoms with Gasteiger partial charge in [0.05, 0.1) is 25.1 Å². The summed E-state index contributed by atoms with van der Waals surface area (Å²) in [6, 6.07) is 3.57. The number of nitrogens with zero attached hydrogens (tertiary/aromatic N) is 4. The molecule has 20 heavy (non-hydrogen) atoms. The van der Waals surface area contributed by atoms with Crippen molar-refractivity contribution in [3.63, 3.8) is 0 Å². The normalized spacial score (nSPS) is 15.3. The Balaban J connectivity index is 1.88. The van der Waals surface area contributed by atoms with Crippen LogP contribution >= 0.6 is 0 Å². The van der Waals surface area contributed by atoms with Gasteiger partial charge in [-0.25, -0.2) is 4.68 Å². The minimum absolute atomic E-state index is 0.105. The molecule has 7 nitrogen and oxygen atoms in total. The zero-order chi connectivity index (χ0) is 13.9. The summed E-state index contributed by atoms with van der Waals surface area (Å²) in [5, 5.41) is 4.19. The number of rotatable bonds is 2. The molecule has 2 aromatic rings. The zero-order valence-electron chi connectivity index (χ0n) is 10.9. The van der Waals surface area contributed by atoms with E-state index in [0.29, 0.717) is 37.7 Å². The van der Waals surface area contributed by atoms with Crippen molar-refractivity contribution in [1.29, 1.82) is 0 Å². The van der Waals surface area contributed by atoms with Crippen LogP contribution < -0.4 is 5.73 Å². The second kappa shape index (κ2) is 5.30. The Morgan fingerprint density at radius 1 is 1.25 bits per heavy atom. The number of amides is 1. The van der Waals surface area contributed by atoms with Crippen LogP contribution in [0.15, 0.2) is 30.7 Å². The topological polar surface area (TPSA) is 86.3 Å². The van der Waals surface area contributed by atoms with Crippen LogP contribution in [0, 0.1) is 0 Å². The molecule has 0 spiro atoms. The van der Waals surface area contributed by atoms with Crippen LogP contribution in [0.1, 0.15) is 10.4 Å². The highest BCUT2D eigenvalue weighted by Crippen LogP contribution is 2.18. The van der Waals surface area contributed by atoms with Gasteiger partial charge in [-0.2, -0.15) is 5.10 Å². The monoisotopic (exact) mass is 273 g/mol. The van der Waals surface area contributed by atoms with Gasteiger partial charge in [-0.15, -0.1) is 0 Å². The van der Waals surface area contributed by atoms with Crippen molar-refractivity contribution in [3.8, 4) is 5.69 Å². The molecule has 0 aromatic carbocycles. The first-order chi connectivity index (χ1) is 9.77. The van der Waals surface area contributed by atoms with E-state index in [9.17, 15) is 4.79 Å². The van der Waals surface area contributed by atoms with Gasteiger partial charge in [-0.05, 0) is 12.1 Å². The molecule has 0 atom stereocenters.